The summed E-state index contributed by atoms with van der Waals surface area (Å²) in [5, 5.41) is 0. The number of ether oxygens (including phenoxy) is 6. The van der Waals surface area contributed by atoms with Crippen molar-refractivity contribution < 1.29 is 28.4 Å². The highest BCUT2D eigenvalue weighted by molar-refractivity contribution is 5.67. The summed E-state index contributed by atoms with van der Waals surface area (Å²) in [4.78, 5) is 5.11. The lowest BCUT2D eigenvalue weighted by molar-refractivity contribution is 0.258. The van der Waals surface area contributed by atoms with E-state index in [0.717, 1.165) is 60.4 Å². The van der Waals surface area contributed by atoms with E-state index < -0.39 is 0 Å². The number of epoxide rings is 2. The summed E-state index contributed by atoms with van der Waals surface area (Å²) in [5.74, 6) is 3.46. The summed E-state index contributed by atoms with van der Waals surface area (Å²) < 4.78 is 35.9. The van der Waals surface area contributed by atoms with Gasteiger partial charge in [-0.15, -0.1) is 0 Å². The van der Waals surface area contributed by atoms with Crippen LogP contribution in [0.2, 0.25) is 0 Å². The highest BCUT2D eigenvalue weighted by Gasteiger charge is 2.42. The van der Waals surface area contributed by atoms with Crippen molar-refractivity contribution in [1.29, 1.82) is 0 Å². The molecule has 256 valence electrons. The summed E-state index contributed by atoms with van der Waals surface area (Å²) in [5.41, 5.74) is 2.25. The molecule has 0 aliphatic carbocycles. The van der Waals surface area contributed by atoms with E-state index in [1.807, 2.05) is 0 Å². The molecule has 3 fully saturated rings. The van der Waals surface area contributed by atoms with Crippen LogP contribution in [0.5, 0.6) is 23.0 Å². The van der Waals surface area contributed by atoms with E-state index in [1.54, 1.807) is 0 Å². The van der Waals surface area contributed by atoms with Crippen LogP contribution in [0.25, 0.3) is 0 Å². The van der Waals surface area contributed by atoms with Gasteiger partial charge in [0.2, 0.25) is 0 Å². The molecule has 3 heterocycles. The fourth-order valence-corrected chi connectivity index (χ4v) is 6.50. The number of unbranched alkanes of at least 4 members (excludes halogenated alkanes) is 6. The minimum atomic E-state index is 0.209. The lowest BCUT2D eigenvalue weighted by Gasteiger charge is -2.55. The molecule has 0 bridgehead atoms. The Balaban J connectivity index is 1.36. The molecule has 2 aromatic carbocycles. The van der Waals surface area contributed by atoms with Gasteiger partial charge >= 0.3 is 0 Å². The molecule has 0 aromatic heterocycles. The Labute approximate surface area is 277 Å². The van der Waals surface area contributed by atoms with Crippen molar-refractivity contribution >= 4 is 11.4 Å². The predicted octanol–water partition coefficient (Wildman–Crippen LogP) is 8.04. The van der Waals surface area contributed by atoms with E-state index >= 15 is 0 Å². The second kappa shape index (κ2) is 16.8. The van der Waals surface area contributed by atoms with Crippen LogP contribution in [-0.4, -0.2) is 76.0 Å². The molecule has 0 N–H and O–H groups in total. The van der Waals surface area contributed by atoms with Crippen molar-refractivity contribution in [2.75, 3.05) is 49.4 Å². The lowest BCUT2D eigenvalue weighted by atomic mass is 9.92. The van der Waals surface area contributed by atoms with Crippen molar-refractivity contribution in [3.8, 4) is 23.0 Å². The van der Waals surface area contributed by atoms with Gasteiger partial charge in [0.25, 0.3) is 0 Å². The average Bonchev–Trinajstić information content (AvgIpc) is 3.99. The van der Waals surface area contributed by atoms with Crippen LogP contribution < -0.4 is 28.7 Å². The van der Waals surface area contributed by atoms with Gasteiger partial charge in [0, 0.05) is 36.3 Å². The molecule has 8 heteroatoms. The Morgan fingerprint density at radius 3 is 1.30 bits per heavy atom. The van der Waals surface area contributed by atoms with Crippen LogP contribution in [-0.2, 0) is 9.47 Å². The van der Waals surface area contributed by atoms with Gasteiger partial charge in [-0.2, -0.15) is 0 Å². The van der Waals surface area contributed by atoms with Crippen LogP contribution in [0.3, 0.4) is 0 Å². The number of hydrogen-bond acceptors (Lipinski definition) is 8. The number of benzene rings is 2. The normalized spacial score (nSPS) is 25.3. The first kappa shape index (κ1) is 34.5. The molecule has 3 aliphatic heterocycles. The van der Waals surface area contributed by atoms with Crippen LogP contribution in [0.4, 0.5) is 11.4 Å². The summed E-state index contributed by atoms with van der Waals surface area (Å²) in [6.07, 6.45) is 9.79. The SMILES string of the molecule is CCCCCCOc1cc(OCC2CO2)ccc1N1C(C)C(C)N(c2ccc(OCC3CO3)cc2OCCCCCC)C(C)C1C. The Kier molecular flexibility index (Phi) is 12.6. The molecule has 3 aliphatic rings. The fraction of sp³-hybridized carbons (Fsp3) is 0.684. The Hall–Kier alpha value is -2.84. The molecule has 2 aromatic rings. The molecule has 0 radical (unpaired) electrons. The highest BCUT2D eigenvalue weighted by Crippen LogP contribution is 2.43. The van der Waals surface area contributed by atoms with Crippen molar-refractivity contribution in [3.05, 3.63) is 36.4 Å². The fourth-order valence-electron chi connectivity index (χ4n) is 6.50. The van der Waals surface area contributed by atoms with Crippen molar-refractivity contribution in [1.82, 2.24) is 0 Å². The third-order valence-electron chi connectivity index (χ3n) is 9.76. The van der Waals surface area contributed by atoms with Crippen LogP contribution in [0.15, 0.2) is 36.4 Å². The molecule has 5 rings (SSSR count). The quantitative estimate of drug-likeness (QED) is 0.107. The molecular formula is C38H58N2O6. The monoisotopic (exact) mass is 638 g/mol. The molecule has 8 nitrogen and oxygen atoms in total. The largest absolute Gasteiger partial charge is 0.491 e. The van der Waals surface area contributed by atoms with E-state index in [4.69, 9.17) is 28.4 Å². The summed E-state index contributed by atoms with van der Waals surface area (Å²) in [6, 6.07) is 13.5. The van der Waals surface area contributed by atoms with Gasteiger partial charge in [-0.1, -0.05) is 52.4 Å². The second-order valence-electron chi connectivity index (χ2n) is 13.4. The molecule has 6 atom stereocenters. The third-order valence-corrected chi connectivity index (χ3v) is 9.76. The lowest BCUT2D eigenvalue weighted by Crippen LogP contribution is -2.66. The van der Waals surface area contributed by atoms with E-state index in [2.05, 4.69) is 87.7 Å². The number of rotatable bonds is 20. The van der Waals surface area contributed by atoms with Gasteiger partial charge in [-0.3, -0.25) is 0 Å². The minimum absolute atomic E-state index is 0.209. The van der Waals surface area contributed by atoms with Gasteiger partial charge in [0.15, 0.2) is 0 Å². The van der Waals surface area contributed by atoms with Gasteiger partial charge in [0.05, 0.1) is 37.8 Å². The summed E-state index contributed by atoms with van der Waals surface area (Å²) in [6.45, 7) is 17.9. The first-order chi connectivity index (χ1) is 22.4. The van der Waals surface area contributed by atoms with Gasteiger partial charge in [-0.05, 0) is 64.8 Å². The topological polar surface area (TPSA) is 68.5 Å². The van der Waals surface area contributed by atoms with E-state index in [0.29, 0.717) is 26.4 Å². The zero-order valence-electron chi connectivity index (χ0n) is 29.2. The Bertz CT molecular complexity index is 1110. The number of hydrogen-bond donors (Lipinski definition) is 0. The van der Waals surface area contributed by atoms with Gasteiger partial charge < -0.3 is 38.2 Å². The van der Waals surface area contributed by atoms with Crippen molar-refractivity contribution in [3.63, 3.8) is 0 Å². The summed E-state index contributed by atoms with van der Waals surface area (Å²) >= 11 is 0. The highest BCUT2D eigenvalue weighted by atomic mass is 16.6. The van der Waals surface area contributed by atoms with Crippen LogP contribution in [0.1, 0.15) is 92.9 Å². The molecule has 0 amide bonds. The van der Waals surface area contributed by atoms with Crippen molar-refractivity contribution in [2.24, 2.45) is 0 Å². The number of anilines is 2. The Morgan fingerprint density at radius 2 is 0.957 bits per heavy atom. The number of nitrogens with zero attached hydrogens (tertiary/aromatic N) is 2. The summed E-state index contributed by atoms with van der Waals surface area (Å²) in [7, 11) is 0. The maximum atomic E-state index is 6.52. The molecule has 0 saturated carbocycles. The first-order valence-corrected chi connectivity index (χ1v) is 18.0. The number of piperazine rings is 1. The van der Waals surface area contributed by atoms with E-state index in [1.165, 1.54) is 38.5 Å². The zero-order chi connectivity index (χ0) is 32.5. The van der Waals surface area contributed by atoms with Crippen LogP contribution in [0, 0.1) is 0 Å². The standard InChI is InChI=1S/C38H58N2O6/c1-7-9-11-13-19-41-37-21-31(43-23-33-25-45-33)15-17-35(37)39-27(3)29(5)40(30(6)28(39)4)36-18-16-32(44-24-34-26-46-34)22-38(36)42-20-14-12-10-8-2/h15-18,21-22,27-30,33-34H,7-14,19-20,23-26H2,1-6H3. The van der Waals surface area contributed by atoms with E-state index in [-0.39, 0.29) is 36.4 Å². The van der Waals surface area contributed by atoms with E-state index in [9.17, 15) is 0 Å². The molecule has 3 saturated heterocycles. The average molecular weight is 639 g/mol. The smallest absolute Gasteiger partial charge is 0.146 e. The molecule has 46 heavy (non-hydrogen) atoms. The van der Waals surface area contributed by atoms with Gasteiger partial charge in [0.1, 0.15) is 48.4 Å². The third kappa shape index (κ3) is 9.15. The maximum Gasteiger partial charge on any atom is 0.146 e. The molecule has 6 unspecified atom stereocenters. The molecule has 0 spiro atoms. The second-order valence-corrected chi connectivity index (χ2v) is 13.4. The van der Waals surface area contributed by atoms with Crippen LogP contribution >= 0.6 is 0 Å². The van der Waals surface area contributed by atoms with Gasteiger partial charge in [-0.25, -0.2) is 0 Å². The minimum Gasteiger partial charge on any atom is -0.491 e. The molecular weight excluding hydrogens is 580 g/mol. The Morgan fingerprint density at radius 1 is 0.565 bits per heavy atom. The predicted molar refractivity (Wildman–Crippen MR) is 185 cm³/mol. The first-order valence-electron chi connectivity index (χ1n) is 18.0. The van der Waals surface area contributed by atoms with Crippen molar-refractivity contribution in [2.45, 2.75) is 129 Å². The maximum absolute atomic E-state index is 6.52. The zero-order valence-corrected chi connectivity index (χ0v) is 29.2.